The molecule has 1 saturated heterocycles. The van der Waals surface area contributed by atoms with Crippen LogP contribution in [-0.2, 0) is 9.59 Å². The van der Waals surface area contributed by atoms with Crippen LogP contribution in [-0.4, -0.2) is 36.3 Å². The van der Waals surface area contributed by atoms with E-state index in [1.54, 1.807) is 0 Å². The second-order valence-electron chi connectivity index (χ2n) is 5.70. The summed E-state index contributed by atoms with van der Waals surface area (Å²) in [5.41, 5.74) is 1.07. The Bertz CT molecular complexity index is 487. The summed E-state index contributed by atoms with van der Waals surface area (Å²) in [6, 6.07) is 9.97. The van der Waals surface area contributed by atoms with Crippen molar-refractivity contribution in [3.8, 4) is 0 Å². The van der Waals surface area contributed by atoms with E-state index in [9.17, 15) is 9.59 Å². The first kappa shape index (κ1) is 15.5. The second kappa shape index (κ2) is 7.25. The van der Waals surface area contributed by atoms with Gasteiger partial charge in [-0.05, 0) is 11.5 Å². The summed E-state index contributed by atoms with van der Waals surface area (Å²) in [6.45, 7) is 5.90. The minimum absolute atomic E-state index is 0.0325. The number of hydrogen-bond acceptors (Lipinski definition) is 2. The molecule has 0 aliphatic carbocycles. The third-order valence-electron chi connectivity index (χ3n) is 4.26. The molecule has 1 heterocycles. The molecule has 0 bridgehead atoms. The first-order valence-corrected chi connectivity index (χ1v) is 7.74. The number of amides is 2. The molecule has 1 aromatic carbocycles. The van der Waals surface area contributed by atoms with Crippen LogP contribution in [0.1, 0.15) is 38.2 Å². The van der Waals surface area contributed by atoms with Gasteiger partial charge >= 0.3 is 0 Å². The minimum Gasteiger partial charge on any atom is -0.354 e. The van der Waals surface area contributed by atoms with Gasteiger partial charge in [0.2, 0.25) is 11.8 Å². The van der Waals surface area contributed by atoms with Crippen molar-refractivity contribution in [3.05, 3.63) is 35.9 Å². The van der Waals surface area contributed by atoms with Crippen molar-refractivity contribution in [3.63, 3.8) is 0 Å². The predicted molar refractivity (Wildman–Crippen MR) is 82.8 cm³/mol. The number of hydrogen-bond donors (Lipinski definition) is 1. The zero-order valence-electron chi connectivity index (χ0n) is 12.8. The van der Waals surface area contributed by atoms with Crippen molar-refractivity contribution in [1.82, 2.24) is 10.2 Å². The molecular formula is C17H24N2O2. The Balaban J connectivity index is 2.20. The molecule has 1 aliphatic rings. The Labute approximate surface area is 126 Å². The third-order valence-corrected chi connectivity index (χ3v) is 4.26. The number of nitrogens with zero attached hydrogens (tertiary/aromatic N) is 1. The molecule has 2 rings (SSSR count). The molecule has 114 valence electrons. The lowest BCUT2D eigenvalue weighted by Gasteiger charge is -2.29. The van der Waals surface area contributed by atoms with Crippen LogP contribution in [0.15, 0.2) is 30.3 Å². The van der Waals surface area contributed by atoms with Crippen LogP contribution in [0.3, 0.4) is 0 Å². The molecule has 0 spiro atoms. The quantitative estimate of drug-likeness (QED) is 0.923. The monoisotopic (exact) mass is 288 g/mol. The van der Waals surface area contributed by atoms with E-state index in [0.717, 1.165) is 12.0 Å². The normalized spacial score (nSPS) is 18.6. The number of rotatable bonds is 4. The molecule has 1 aromatic rings. The molecule has 0 radical (unpaired) electrons. The summed E-state index contributed by atoms with van der Waals surface area (Å²) in [5.74, 6) is 0.341. The van der Waals surface area contributed by atoms with E-state index < -0.39 is 0 Å². The maximum atomic E-state index is 12.9. The van der Waals surface area contributed by atoms with Crippen molar-refractivity contribution in [1.29, 1.82) is 0 Å². The average molecular weight is 288 g/mol. The van der Waals surface area contributed by atoms with Crippen molar-refractivity contribution >= 4 is 11.8 Å². The molecule has 1 fully saturated rings. The largest absolute Gasteiger partial charge is 0.354 e. The zero-order valence-corrected chi connectivity index (χ0v) is 12.8. The van der Waals surface area contributed by atoms with E-state index in [1.807, 2.05) is 35.2 Å². The predicted octanol–water partition coefficient (Wildman–Crippen LogP) is 2.16. The van der Waals surface area contributed by atoms with Crippen LogP contribution >= 0.6 is 0 Å². The van der Waals surface area contributed by atoms with E-state index in [4.69, 9.17) is 0 Å². The molecule has 1 aliphatic heterocycles. The van der Waals surface area contributed by atoms with Gasteiger partial charge < -0.3 is 10.2 Å². The fourth-order valence-electron chi connectivity index (χ4n) is 2.79. The van der Waals surface area contributed by atoms with Crippen molar-refractivity contribution in [2.24, 2.45) is 5.92 Å². The zero-order chi connectivity index (χ0) is 15.2. The number of benzene rings is 1. The van der Waals surface area contributed by atoms with E-state index in [1.165, 1.54) is 0 Å². The van der Waals surface area contributed by atoms with Gasteiger partial charge in [0, 0.05) is 26.1 Å². The van der Waals surface area contributed by atoms with Crippen molar-refractivity contribution in [2.45, 2.75) is 32.6 Å². The van der Waals surface area contributed by atoms with Crippen LogP contribution in [0.25, 0.3) is 0 Å². The summed E-state index contributed by atoms with van der Waals surface area (Å²) >= 11 is 0. The number of nitrogens with one attached hydrogen (secondary N) is 1. The van der Waals surface area contributed by atoms with Gasteiger partial charge in [-0.2, -0.15) is 0 Å². The van der Waals surface area contributed by atoms with Gasteiger partial charge in [0.25, 0.3) is 0 Å². The fraction of sp³-hybridized carbons (Fsp3) is 0.529. The van der Waals surface area contributed by atoms with Gasteiger partial charge in [-0.25, -0.2) is 0 Å². The van der Waals surface area contributed by atoms with Gasteiger partial charge in [0.05, 0.1) is 5.92 Å². The van der Waals surface area contributed by atoms with E-state index in [0.29, 0.717) is 26.1 Å². The van der Waals surface area contributed by atoms with Gasteiger partial charge in [-0.3, -0.25) is 9.59 Å². The maximum absolute atomic E-state index is 12.9. The van der Waals surface area contributed by atoms with E-state index in [-0.39, 0.29) is 23.7 Å². The number of carbonyl (C=O) groups is 2. The highest BCUT2D eigenvalue weighted by molar-refractivity contribution is 5.85. The molecule has 0 saturated carbocycles. The first-order valence-electron chi connectivity index (χ1n) is 7.74. The lowest BCUT2D eigenvalue weighted by molar-refractivity contribution is -0.133. The molecule has 4 heteroatoms. The second-order valence-corrected chi connectivity index (χ2v) is 5.70. The molecule has 2 unspecified atom stereocenters. The Morgan fingerprint density at radius 3 is 2.67 bits per heavy atom. The number of carbonyl (C=O) groups excluding carboxylic acids is 2. The highest BCUT2D eigenvalue weighted by Crippen LogP contribution is 2.29. The lowest BCUT2D eigenvalue weighted by Crippen LogP contribution is -2.39. The summed E-state index contributed by atoms with van der Waals surface area (Å²) in [6.07, 6.45) is 1.35. The minimum atomic E-state index is -0.121. The van der Waals surface area contributed by atoms with Gasteiger partial charge in [-0.15, -0.1) is 0 Å². The van der Waals surface area contributed by atoms with Crippen LogP contribution in [0.2, 0.25) is 0 Å². The molecular weight excluding hydrogens is 264 g/mol. The Morgan fingerprint density at radius 1 is 1.29 bits per heavy atom. The Kier molecular flexibility index (Phi) is 5.37. The first-order chi connectivity index (χ1) is 10.1. The molecule has 21 heavy (non-hydrogen) atoms. The van der Waals surface area contributed by atoms with Crippen molar-refractivity contribution < 1.29 is 9.59 Å². The summed E-state index contributed by atoms with van der Waals surface area (Å²) in [5, 5.41) is 2.82. The average Bonchev–Trinajstić information content (AvgIpc) is 2.73. The highest BCUT2D eigenvalue weighted by Gasteiger charge is 2.30. The fourth-order valence-corrected chi connectivity index (χ4v) is 2.79. The Hall–Kier alpha value is -1.84. The van der Waals surface area contributed by atoms with Crippen molar-refractivity contribution in [2.75, 3.05) is 19.6 Å². The smallest absolute Gasteiger partial charge is 0.230 e. The van der Waals surface area contributed by atoms with Crippen LogP contribution in [0.5, 0.6) is 0 Å². The molecule has 0 aromatic heterocycles. The summed E-state index contributed by atoms with van der Waals surface area (Å²) in [7, 11) is 0. The lowest BCUT2D eigenvalue weighted by atomic mass is 9.84. The highest BCUT2D eigenvalue weighted by atomic mass is 16.2. The Morgan fingerprint density at radius 2 is 2.00 bits per heavy atom. The van der Waals surface area contributed by atoms with Gasteiger partial charge in [0.1, 0.15) is 0 Å². The molecule has 2 atom stereocenters. The van der Waals surface area contributed by atoms with E-state index >= 15 is 0 Å². The SMILES string of the molecule is CCC(C)C(C(=O)N1CCNC(=O)CC1)c1ccccc1. The van der Waals surface area contributed by atoms with Crippen LogP contribution < -0.4 is 5.32 Å². The standard InChI is InChI=1S/C17H24N2O2/c1-3-13(2)16(14-7-5-4-6-8-14)17(21)19-11-9-15(20)18-10-12-19/h4-8,13,16H,3,9-12H2,1-2H3,(H,18,20). The van der Waals surface area contributed by atoms with Crippen LogP contribution in [0, 0.1) is 5.92 Å². The summed E-state index contributed by atoms with van der Waals surface area (Å²) < 4.78 is 0. The molecule has 2 amide bonds. The molecule has 4 nitrogen and oxygen atoms in total. The van der Waals surface area contributed by atoms with Gasteiger partial charge in [0.15, 0.2) is 0 Å². The summed E-state index contributed by atoms with van der Waals surface area (Å²) in [4.78, 5) is 26.2. The third kappa shape index (κ3) is 3.84. The van der Waals surface area contributed by atoms with Crippen LogP contribution in [0.4, 0.5) is 0 Å². The van der Waals surface area contributed by atoms with Gasteiger partial charge in [-0.1, -0.05) is 50.6 Å². The molecule has 1 N–H and O–H groups in total. The topological polar surface area (TPSA) is 49.4 Å². The maximum Gasteiger partial charge on any atom is 0.230 e. The van der Waals surface area contributed by atoms with E-state index in [2.05, 4.69) is 19.2 Å².